The molecule has 5 nitrogen and oxygen atoms in total. The van der Waals surface area contributed by atoms with Crippen molar-refractivity contribution in [3.8, 4) is 0 Å². The maximum absolute atomic E-state index is 12.3. The molecule has 2 aromatic carbocycles. The molecule has 23 heavy (non-hydrogen) atoms. The first-order chi connectivity index (χ1) is 11.0. The predicted octanol–water partition coefficient (Wildman–Crippen LogP) is 0.811. The molecule has 0 radical (unpaired) electrons. The van der Waals surface area contributed by atoms with Crippen molar-refractivity contribution < 1.29 is 17.9 Å². The summed E-state index contributed by atoms with van der Waals surface area (Å²) in [7, 11) is -4.52. The molecule has 1 atom stereocenters. The highest BCUT2D eigenvalue weighted by Crippen LogP contribution is 2.22. The molecule has 0 aliphatic carbocycles. The van der Waals surface area contributed by atoms with Crippen LogP contribution in [0, 0.1) is 0 Å². The van der Waals surface area contributed by atoms with Gasteiger partial charge in [-0.05, 0) is 17.4 Å². The van der Waals surface area contributed by atoms with Crippen LogP contribution in [0.4, 0.5) is 0 Å². The van der Waals surface area contributed by atoms with E-state index in [1.165, 1.54) is 0 Å². The largest absolute Gasteiger partial charge is 0.514 e. The topological polar surface area (TPSA) is 63.7 Å². The summed E-state index contributed by atoms with van der Waals surface area (Å²) in [6.07, 6.45) is 1.39. The van der Waals surface area contributed by atoms with Crippen LogP contribution in [-0.4, -0.2) is 38.0 Å². The van der Waals surface area contributed by atoms with E-state index in [2.05, 4.69) is 0 Å². The van der Waals surface area contributed by atoms with Crippen LogP contribution in [0.3, 0.4) is 0 Å². The molecule has 0 saturated carbocycles. The molecule has 2 aromatic rings. The molecule has 118 valence electrons. The summed E-state index contributed by atoms with van der Waals surface area (Å²) < 4.78 is 31.1. The molecule has 3 rings (SSSR count). The fourth-order valence-corrected chi connectivity index (χ4v) is 3.89. The van der Waals surface area contributed by atoms with Crippen LogP contribution in [0.5, 0.6) is 0 Å². The predicted molar refractivity (Wildman–Crippen MR) is 88.5 cm³/mol. The molecule has 1 heterocycles. The van der Waals surface area contributed by atoms with Crippen LogP contribution in [0.1, 0.15) is 5.56 Å². The highest BCUT2D eigenvalue weighted by atomic mass is 32.2. The third kappa shape index (κ3) is 3.30. The average Bonchev–Trinajstić information content (AvgIpc) is 2.86. The molecular formula is C16H16BNO4S. The van der Waals surface area contributed by atoms with Crippen molar-refractivity contribution in [2.75, 3.05) is 6.26 Å². The van der Waals surface area contributed by atoms with Gasteiger partial charge in [0.15, 0.2) is 0 Å². The smallest absolute Gasteiger partial charge is 0.502 e. The number of carbonyl (C=O) groups excluding carboxylic acids is 1. The highest BCUT2D eigenvalue weighted by molar-refractivity contribution is 7.89. The van der Waals surface area contributed by atoms with Gasteiger partial charge in [0.05, 0.1) is 6.26 Å². The van der Waals surface area contributed by atoms with Gasteiger partial charge >= 0.3 is 13.0 Å². The van der Waals surface area contributed by atoms with E-state index >= 15 is 0 Å². The van der Waals surface area contributed by atoms with Gasteiger partial charge in [0, 0.05) is 0 Å². The van der Waals surface area contributed by atoms with Gasteiger partial charge in [0.25, 0.3) is 0 Å². The monoisotopic (exact) mass is 329 g/mol. The summed E-state index contributed by atoms with van der Waals surface area (Å²) in [6, 6.07) is 17.4. The summed E-state index contributed by atoms with van der Waals surface area (Å²) in [5.74, 6) is -0.520. The van der Waals surface area contributed by atoms with Gasteiger partial charge in [-0.3, -0.25) is 4.79 Å². The lowest BCUT2D eigenvalue weighted by Gasteiger charge is -2.21. The molecule has 0 spiro atoms. The Morgan fingerprint density at radius 3 is 2.17 bits per heavy atom. The average molecular weight is 329 g/mol. The number of hydrogen-bond acceptors (Lipinski definition) is 4. The summed E-state index contributed by atoms with van der Waals surface area (Å²) in [5.41, 5.74) is 1.53. The molecule has 1 saturated heterocycles. The lowest BCUT2D eigenvalue weighted by molar-refractivity contribution is -0.134. The van der Waals surface area contributed by atoms with Crippen molar-refractivity contribution >= 4 is 28.5 Å². The summed E-state index contributed by atoms with van der Waals surface area (Å²) >= 11 is 0. The normalized spacial score (nSPS) is 18.9. The van der Waals surface area contributed by atoms with Crippen molar-refractivity contribution in [2.45, 2.75) is 12.5 Å². The Labute approximate surface area is 136 Å². The lowest BCUT2D eigenvalue weighted by Crippen LogP contribution is -2.51. The number of sulfonamides is 1. The van der Waals surface area contributed by atoms with E-state index in [4.69, 9.17) is 4.65 Å². The lowest BCUT2D eigenvalue weighted by atomic mass is 9.74. The van der Waals surface area contributed by atoms with Gasteiger partial charge in [-0.25, -0.2) is 8.42 Å². The highest BCUT2D eigenvalue weighted by Gasteiger charge is 2.51. The van der Waals surface area contributed by atoms with Crippen molar-refractivity contribution in [3.05, 3.63) is 66.2 Å². The zero-order valence-corrected chi connectivity index (χ0v) is 13.4. The fourth-order valence-electron chi connectivity index (χ4n) is 2.76. The molecule has 0 amide bonds. The van der Waals surface area contributed by atoms with Gasteiger partial charge < -0.3 is 4.65 Å². The van der Waals surface area contributed by atoms with Gasteiger partial charge in [-0.1, -0.05) is 60.7 Å². The Bertz CT molecular complexity index is 795. The number of benzene rings is 2. The van der Waals surface area contributed by atoms with E-state index in [0.29, 0.717) is 5.46 Å². The van der Waals surface area contributed by atoms with Crippen molar-refractivity contribution in [2.24, 2.45) is 0 Å². The Kier molecular flexibility index (Phi) is 4.23. The molecule has 0 N–H and O–H groups in total. The van der Waals surface area contributed by atoms with E-state index in [1.807, 2.05) is 36.4 Å². The van der Waals surface area contributed by atoms with Crippen molar-refractivity contribution in [1.29, 1.82) is 0 Å². The zero-order chi connectivity index (χ0) is 16.4. The quantitative estimate of drug-likeness (QED) is 0.779. The second-order valence-corrected chi connectivity index (χ2v) is 7.39. The van der Waals surface area contributed by atoms with Crippen molar-refractivity contribution in [3.63, 3.8) is 0 Å². The minimum Gasteiger partial charge on any atom is -0.514 e. The Hall–Kier alpha value is -2.12. The molecule has 1 aliphatic heterocycles. The van der Waals surface area contributed by atoms with Gasteiger partial charge in [0.1, 0.15) is 6.04 Å². The van der Waals surface area contributed by atoms with E-state index < -0.39 is 29.1 Å². The van der Waals surface area contributed by atoms with Crippen LogP contribution in [0.2, 0.25) is 0 Å². The van der Waals surface area contributed by atoms with Crippen LogP contribution in [0.15, 0.2) is 60.7 Å². The summed E-state index contributed by atoms with van der Waals surface area (Å²) in [4.78, 5) is 12.3. The maximum Gasteiger partial charge on any atom is 0.502 e. The third-order valence-electron chi connectivity index (χ3n) is 3.78. The first-order valence-corrected chi connectivity index (χ1v) is 9.09. The SMILES string of the molecule is CS(=O)(=O)N1B(c2ccccc2)OC(=O)C1Cc1ccccc1. The Balaban J connectivity index is 1.97. The van der Waals surface area contributed by atoms with E-state index in [9.17, 15) is 13.2 Å². The van der Waals surface area contributed by atoms with Crippen LogP contribution in [-0.2, 0) is 25.9 Å². The van der Waals surface area contributed by atoms with Crippen molar-refractivity contribution in [1.82, 2.24) is 4.22 Å². The Morgan fingerprint density at radius 2 is 1.61 bits per heavy atom. The number of rotatable bonds is 4. The minimum absolute atomic E-state index is 0.288. The van der Waals surface area contributed by atoms with Gasteiger partial charge in [-0.15, -0.1) is 0 Å². The van der Waals surface area contributed by atoms with Crippen LogP contribution in [0.25, 0.3) is 0 Å². The third-order valence-corrected chi connectivity index (χ3v) is 4.99. The molecule has 0 bridgehead atoms. The minimum atomic E-state index is -3.61. The van der Waals surface area contributed by atoms with Gasteiger partial charge in [-0.2, -0.15) is 4.22 Å². The first-order valence-electron chi connectivity index (χ1n) is 7.25. The van der Waals surface area contributed by atoms with Crippen LogP contribution < -0.4 is 5.46 Å². The fraction of sp³-hybridized carbons (Fsp3) is 0.188. The number of carbonyl (C=O) groups is 1. The van der Waals surface area contributed by atoms with E-state index in [1.54, 1.807) is 24.3 Å². The number of nitrogens with zero attached hydrogens (tertiary/aromatic N) is 1. The maximum atomic E-state index is 12.3. The van der Waals surface area contributed by atoms with E-state index in [0.717, 1.165) is 16.0 Å². The summed E-state index contributed by atoms with van der Waals surface area (Å²) in [5, 5.41) is 0. The molecular weight excluding hydrogens is 313 g/mol. The molecule has 1 unspecified atom stereocenters. The molecule has 7 heteroatoms. The second-order valence-electron chi connectivity index (χ2n) is 5.50. The first kappa shape index (κ1) is 15.8. The standard InChI is InChI=1S/C16H16BNO4S/c1-23(20,21)18-15(12-13-8-4-2-5-9-13)16(19)22-17(18)14-10-6-3-7-11-14/h2-11,15H,12H2,1H3. The molecule has 0 aromatic heterocycles. The van der Waals surface area contributed by atoms with Crippen LogP contribution >= 0.6 is 0 Å². The molecule has 1 fully saturated rings. The zero-order valence-electron chi connectivity index (χ0n) is 12.6. The Morgan fingerprint density at radius 1 is 1.04 bits per heavy atom. The second kappa shape index (κ2) is 6.18. The molecule has 1 aliphatic rings. The summed E-state index contributed by atoms with van der Waals surface area (Å²) in [6.45, 7) is 0. The van der Waals surface area contributed by atoms with E-state index in [-0.39, 0.29) is 6.42 Å². The van der Waals surface area contributed by atoms with Gasteiger partial charge in [0.2, 0.25) is 10.0 Å². The number of hydrogen-bond donors (Lipinski definition) is 0.